The van der Waals surface area contributed by atoms with Crippen LogP contribution in [-0.4, -0.2) is 64.2 Å². The molecule has 200 valence electrons. The van der Waals surface area contributed by atoms with Crippen molar-refractivity contribution in [2.24, 2.45) is 0 Å². The van der Waals surface area contributed by atoms with Crippen LogP contribution in [0.1, 0.15) is 27.0 Å². The summed E-state index contributed by atoms with van der Waals surface area (Å²) in [7, 11) is 1.52. The van der Waals surface area contributed by atoms with Crippen LogP contribution in [0.5, 0.6) is 5.75 Å². The minimum atomic E-state index is -4.50. The lowest BCUT2D eigenvalue weighted by Gasteiger charge is -2.30. The molecule has 1 aromatic heterocycles. The van der Waals surface area contributed by atoms with Crippen LogP contribution < -0.4 is 20.9 Å². The molecule has 1 aliphatic heterocycles. The SMILES string of the molecule is [B][C@]1(Cl)[C@H](O)[C@@H](CO[P@](=O)(NC(C)(C)C(=O)OCC)Oc2cccc(F)c2)O[C@H]1n1ccc(=O)[nH]c1=O. The molecule has 37 heavy (non-hydrogen) atoms. The fourth-order valence-electron chi connectivity index (χ4n) is 3.41. The van der Waals surface area contributed by atoms with Crippen LogP contribution in [0.15, 0.2) is 46.1 Å². The number of esters is 1. The smallest absolute Gasteiger partial charge is 0.459 e. The van der Waals surface area contributed by atoms with Gasteiger partial charge in [0.2, 0.25) is 0 Å². The lowest BCUT2D eigenvalue weighted by molar-refractivity contribution is -0.149. The van der Waals surface area contributed by atoms with Crippen molar-refractivity contribution in [3.05, 3.63) is 63.2 Å². The molecular formula is C21H25BClFN3O9P. The van der Waals surface area contributed by atoms with E-state index in [-0.39, 0.29) is 12.4 Å². The molecule has 16 heteroatoms. The number of nitrogens with zero attached hydrogens (tertiary/aromatic N) is 1. The molecule has 0 aliphatic carbocycles. The highest BCUT2D eigenvalue weighted by Crippen LogP contribution is 2.48. The molecule has 1 fully saturated rings. The molecule has 2 aromatic rings. The third kappa shape index (κ3) is 6.70. The molecule has 0 unspecified atom stereocenters. The van der Waals surface area contributed by atoms with Crippen LogP contribution >= 0.6 is 19.3 Å². The van der Waals surface area contributed by atoms with E-state index in [2.05, 4.69) is 5.09 Å². The zero-order valence-corrected chi connectivity index (χ0v) is 21.7. The third-order valence-corrected chi connectivity index (χ3v) is 7.41. The number of aliphatic hydroxyl groups excluding tert-OH is 1. The van der Waals surface area contributed by atoms with Gasteiger partial charge < -0.3 is 19.1 Å². The van der Waals surface area contributed by atoms with Crippen molar-refractivity contribution >= 4 is 33.2 Å². The normalized spacial score (nSPS) is 25.4. The first-order chi connectivity index (χ1) is 17.2. The molecule has 1 aromatic carbocycles. The Bertz CT molecular complexity index is 1300. The number of aromatic amines is 1. The van der Waals surface area contributed by atoms with Gasteiger partial charge in [0.05, 0.1) is 24.1 Å². The lowest BCUT2D eigenvalue weighted by Crippen LogP contribution is -2.47. The minimum absolute atomic E-state index is 0.0434. The van der Waals surface area contributed by atoms with Crippen molar-refractivity contribution in [1.82, 2.24) is 14.6 Å². The molecule has 1 aliphatic rings. The molecule has 3 N–H and O–H groups in total. The van der Waals surface area contributed by atoms with Crippen molar-refractivity contribution in [2.45, 2.75) is 49.5 Å². The maximum Gasteiger partial charge on any atom is 0.459 e. The minimum Gasteiger partial charge on any atom is -0.465 e. The Hall–Kier alpha value is -2.48. The Morgan fingerprint density at radius 2 is 2.11 bits per heavy atom. The topological polar surface area (TPSA) is 158 Å². The summed E-state index contributed by atoms with van der Waals surface area (Å²) in [4.78, 5) is 38.0. The van der Waals surface area contributed by atoms with Gasteiger partial charge in [0.25, 0.3) is 5.56 Å². The Morgan fingerprint density at radius 1 is 1.41 bits per heavy atom. The zero-order chi connectivity index (χ0) is 27.6. The molecule has 2 heterocycles. The summed E-state index contributed by atoms with van der Waals surface area (Å²) >= 11 is 6.28. The molecule has 0 amide bonds. The Labute approximate surface area is 217 Å². The third-order valence-electron chi connectivity index (χ3n) is 5.22. The van der Waals surface area contributed by atoms with E-state index in [1.54, 1.807) is 6.92 Å². The number of rotatable bonds is 10. The predicted molar refractivity (Wildman–Crippen MR) is 130 cm³/mol. The number of benzene rings is 1. The largest absolute Gasteiger partial charge is 0.465 e. The summed E-state index contributed by atoms with van der Waals surface area (Å²) in [6, 6.07) is 5.71. The van der Waals surface area contributed by atoms with Crippen molar-refractivity contribution in [3.8, 4) is 5.75 Å². The number of hydrogen-bond donors (Lipinski definition) is 3. The Morgan fingerprint density at radius 3 is 2.73 bits per heavy atom. The average Bonchev–Trinajstić information content (AvgIpc) is 3.01. The predicted octanol–water partition coefficient (Wildman–Crippen LogP) is 1.17. The van der Waals surface area contributed by atoms with Crippen molar-refractivity contribution in [2.75, 3.05) is 13.2 Å². The molecule has 1 saturated heterocycles. The highest BCUT2D eigenvalue weighted by molar-refractivity contribution is 7.52. The van der Waals surface area contributed by atoms with Crippen LogP contribution in [-0.2, 0) is 23.4 Å². The van der Waals surface area contributed by atoms with Crippen LogP contribution in [0, 0.1) is 5.82 Å². The van der Waals surface area contributed by atoms with Crippen molar-refractivity contribution in [1.29, 1.82) is 0 Å². The number of halogens is 2. The van der Waals surface area contributed by atoms with E-state index in [0.29, 0.717) is 0 Å². The van der Waals surface area contributed by atoms with E-state index in [9.17, 15) is 28.4 Å². The monoisotopic (exact) mass is 559 g/mol. The van der Waals surface area contributed by atoms with E-state index in [4.69, 9.17) is 38.0 Å². The number of ether oxygens (including phenoxy) is 2. The Balaban J connectivity index is 1.86. The lowest BCUT2D eigenvalue weighted by atomic mass is 9.79. The zero-order valence-electron chi connectivity index (χ0n) is 20.1. The number of aliphatic hydroxyl groups is 1. The summed E-state index contributed by atoms with van der Waals surface area (Å²) < 4.78 is 47.7. The van der Waals surface area contributed by atoms with Gasteiger partial charge in [-0.2, -0.15) is 5.09 Å². The second-order valence-corrected chi connectivity index (χ2v) is 10.9. The molecule has 3 rings (SSSR count). The summed E-state index contributed by atoms with van der Waals surface area (Å²) in [5.41, 5.74) is -3.17. The standard InChI is InChI=1S/C21H25BClFN3O9P/c1-4-33-18(30)20(2,3)26-37(32,36-13-7-5-6-12(24)10-13)34-11-14-16(29)21(22,23)17(35-14)27-9-8-15(28)25-19(27)31/h5-10,14,16-17,29H,4,11H2,1-3H3,(H,26,32)(H,25,28,31)/t14-,16-,17-,21+,37-/m1/s1. The number of hydrogen-bond acceptors (Lipinski definition) is 9. The van der Waals surface area contributed by atoms with Crippen LogP contribution in [0.25, 0.3) is 0 Å². The molecule has 0 saturated carbocycles. The first kappa shape index (κ1) is 29.1. The summed E-state index contributed by atoms with van der Waals surface area (Å²) in [5, 5.41) is 13.1. The number of aromatic nitrogens is 2. The van der Waals surface area contributed by atoms with E-state index in [0.717, 1.165) is 29.0 Å². The van der Waals surface area contributed by atoms with E-state index >= 15 is 0 Å². The summed E-state index contributed by atoms with van der Waals surface area (Å²) in [6.45, 7) is 3.68. The molecular weight excluding hydrogens is 534 g/mol. The van der Waals surface area contributed by atoms with Crippen LogP contribution in [0.4, 0.5) is 4.39 Å². The summed E-state index contributed by atoms with van der Waals surface area (Å²) in [6.07, 6.45) is -3.41. The fraction of sp³-hybridized carbons (Fsp3) is 0.476. The first-order valence-corrected chi connectivity index (χ1v) is 12.9. The molecule has 2 radical (unpaired) electrons. The maximum atomic E-state index is 13.7. The van der Waals surface area contributed by atoms with Gasteiger partial charge in [-0.05, 0) is 32.9 Å². The Kier molecular flexibility index (Phi) is 8.73. The van der Waals surface area contributed by atoms with Gasteiger partial charge in [-0.15, -0.1) is 11.6 Å². The quantitative estimate of drug-likeness (QED) is 0.167. The maximum absolute atomic E-state index is 13.7. The molecule has 12 nitrogen and oxygen atoms in total. The van der Waals surface area contributed by atoms with E-state index < -0.39 is 66.1 Å². The van der Waals surface area contributed by atoms with Crippen LogP contribution in [0.3, 0.4) is 0 Å². The average molecular weight is 560 g/mol. The number of carbonyl (C=O) groups is 1. The van der Waals surface area contributed by atoms with Gasteiger partial charge in [0.15, 0.2) is 6.23 Å². The number of carbonyl (C=O) groups excluding carboxylic acids is 1. The number of nitrogens with one attached hydrogen (secondary N) is 2. The van der Waals surface area contributed by atoms with Gasteiger partial charge in [0.1, 0.15) is 31.1 Å². The second kappa shape index (κ2) is 11.1. The van der Waals surface area contributed by atoms with Gasteiger partial charge >= 0.3 is 19.4 Å². The van der Waals surface area contributed by atoms with Crippen molar-refractivity contribution < 1.29 is 37.4 Å². The van der Waals surface area contributed by atoms with Crippen molar-refractivity contribution in [3.63, 3.8) is 0 Å². The molecule has 0 spiro atoms. The van der Waals surface area contributed by atoms with Gasteiger partial charge in [-0.1, -0.05) is 6.07 Å². The highest BCUT2D eigenvalue weighted by atomic mass is 35.5. The van der Waals surface area contributed by atoms with Gasteiger partial charge in [-0.25, -0.2) is 13.8 Å². The van der Waals surface area contributed by atoms with E-state index in [1.807, 2.05) is 4.98 Å². The molecule has 5 atom stereocenters. The summed E-state index contributed by atoms with van der Waals surface area (Å²) in [5.74, 6) is -1.66. The van der Waals surface area contributed by atoms with Crippen LogP contribution in [0.2, 0.25) is 0 Å². The number of alkyl halides is 1. The van der Waals surface area contributed by atoms with Gasteiger partial charge in [-0.3, -0.25) is 23.7 Å². The van der Waals surface area contributed by atoms with E-state index in [1.165, 1.54) is 26.0 Å². The van der Waals surface area contributed by atoms with Gasteiger partial charge in [0, 0.05) is 18.3 Å². The first-order valence-electron chi connectivity index (χ1n) is 11.0. The fourth-order valence-corrected chi connectivity index (χ4v) is 5.38. The number of H-pyrrole nitrogens is 1. The molecule has 0 bridgehead atoms. The second-order valence-electron chi connectivity index (χ2n) is 8.62. The highest BCUT2D eigenvalue weighted by Gasteiger charge is 2.53.